The minimum Gasteiger partial charge on any atom is -0.380 e. The number of anilines is 1. The summed E-state index contributed by atoms with van der Waals surface area (Å²) in [6.45, 7) is 5.50. The summed E-state index contributed by atoms with van der Waals surface area (Å²) in [5, 5.41) is 3.51. The van der Waals surface area contributed by atoms with Gasteiger partial charge in [-0.05, 0) is 30.5 Å². The fourth-order valence-electron chi connectivity index (χ4n) is 2.28. The summed E-state index contributed by atoms with van der Waals surface area (Å²) in [7, 11) is 0. The maximum Gasteiger partial charge on any atom is 0.219 e. The number of carbonyl (C=O) groups excluding carboxylic acids is 1. The molecule has 92 valence electrons. The number of nitrogens with one attached hydrogen (secondary N) is 1. The molecule has 1 heterocycles. The van der Waals surface area contributed by atoms with Gasteiger partial charge in [0, 0.05) is 31.7 Å². The third kappa shape index (κ3) is 2.99. The molecule has 1 unspecified atom stereocenters. The van der Waals surface area contributed by atoms with E-state index < -0.39 is 0 Å². The molecule has 1 aliphatic heterocycles. The van der Waals surface area contributed by atoms with Crippen LogP contribution in [0.25, 0.3) is 0 Å². The summed E-state index contributed by atoms with van der Waals surface area (Å²) in [6.07, 6.45) is 2.09. The molecule has 3 nitrogen and oxygen atoms in total. The summed E-state index contributed by atoms with van der Waals surface area (Å²) >= 11 is 0. The van der Waals surface area contributed by atoms with Crippen LogP contribution in [0.4, 0.5) is 5.69 Å². The number of aryl methyl sites for hydroxylation is 1. The zero-order chi connectivity index (χ0) is 12.3. The number of rotatable bonds is 3. The Bertz CT molecular complexity index is 403. The summed E-state index contributed by atoms with van der Waals surface area (Å²) in [5.41, 5.74) is 2.51. The molecule has 1 aromatic rings. The van der Waals surface area contributed by atoms with Crippen molar-refractivity contribution in [1.29, 1.82) is 0 Å². The Hall–Kier alpha value is -1.51. The first-order valence-electron chi connectivity index (χ1n) is 6.30. The Kier molecular flexibility index (Phi) is 3.67. The molecule has 1 atom stereocenters. The lowest BCUT2D eigenvalue weighted by molar-refractivity contribution is -0.127. The Morgan fingerprint density at radius 3 is 3.00 bits per heavy atom. The van der Waals surface area contributed by atoms with Gasteiger partial charge in [0.25, 0.3) is 0 Å². The van der Waals surface area contributed by atoms with Gasteiger partial charge in [0.2, 0.25) is 5.91 Å². The Balaban J connectivity index is 1.95. The van der Waals surface area contributed by atoms with Crippen molar-refractivity contribution < 1.29 is 4.79 Å². The highest BCUT2D eigenvalue weighted by molar-refractivity contribution is 5.73. The molecule has 0 spiro atoms. The molecule has 0 radical (unpaired) electrons. The van der Waals surface area contributed by atoms with E-state index in [4.69, 9.17) is 0 Å². The van der Waals surface area contributed by atoms with Crippen LogP contribution in [0.15, 0.2) is 24.3 Å². The monoisotopic (exact) mass is 232 g/mol. The standard InChI is InChI=1S/C14H20N2O/c1-3-12-5-4-6-13(9-12)15-14-7-8-16(10-14)11(2)17/h4-6,9,14-15H,3,7-8,10H2,1-2H3. The van der Waals surface area contributed by atoms with E-state index in [1.165, 1.54) is 11.3 Å². The fourth-order valence-corrected chi connectivity index (χ4v) is 2.28. The fraction of sp³-hybridized carbons (Fsp3) is 0.500. The number of nitrogens with zero attached hydrogens (tertiary/aromatic N) is 1. The summed E-state index contributed by atoms with van der Waals surface area (Å²) in [4.78, 5) is 13.1. The van der Waals surface area contributed by atoms with Crippen molar-refractivity contribution in [2.24, 2.45) is 0 Å². The number of likely N-dealkylation sites (tertiary alicyclic amines) is 1. The lowest BCUT2D eigenvalue weighted by Crippen LogP contribution is -2.29. The summed E-state index contributed by atoms with van der Waals surface area (Å²) in [5.74, 6) is 0.177. The first kappa shape index (κ1) is 12.0. The van der Waals surface area contributed by atoms with Crippen molar-refractivity contribution in [1.82, 2.24) is 4.90 Å². The molecule has 0 aliphatic carbocycles. The molecule has 17 heavy (non-hydrogen) atoms. The van der Waals surface area contributed by atoms with Gasteiger partial charge in [0.15, 0.2) is 0 Å². The molecule has 1 amide bonds. The van der Waals surface area contributed by atoms with Crippen LogP contribution in [0.3, 0.4) is 0 Å². The number of hydrogen-bond acceptors (Lipinski definition) is 2. The van der Waals surface area contributed by atoms with Crippen molar-refractivity contribution in [3.8, 4) is 0 Å². The summed E-state index contributed by atoms with van der Waals surface area (Å²) < 4.78 is 0. The first-order chi connectivity index (χ1) is 8.19. The molecular weight excluding hydrogens is 212 g/mol. The highest BCUT2D eigenvalue weighted by Crippen LogP contribution is 2.17. The molecule has 3 heteroatoms. The van der Waals surface area contributed by atoms with Gasteiger partial charge in [-0.1, -0.05) is 19.1 Å². The number of carbonyl (C=O) groups is 1. The Labute approximate surface area is 103 Å². The quantitative estimate of drug-likeness (QED) is 0.867. The smallest absolute Gasteiger partial charge is 0.219 e. The minimum atomic E-state index is 0.177. The van der Waals surface area contributed by atoms with Crippen LogP contribution in [-0.2, 0) is 11.2 Å². The highest BCUT2D eigenvalue weighted by atomic mass is 16.2. The van der Waals surface area contributed by atoms with E-state index in [-0.39, 0.29) is 5.91 Å². The number of benzene rings is 1. The van der Waals surface area contributed by atoms with Crippen LogP contribution >= 0.6 is 0 Å². The minimum absolute atomic E-state index is 0.177. The number of hydrogen-bond donors (Lipinski definition) is 1. The average molecular weight is 232 g/mol. The lowest BCUT2D eigenvalue weighted by Gasteiger charge is -2.16. The molecule has 1 aliphatic rings. The van der Waals surface area contributed by atoms with Crippen molar-refractivity contribution in [3.63, 3.8) is 0 Å². The van der Waals surface area contributed by atoms with Crippen LogP contribution < -0.4 is 5.32 Å². The van der Waals surface area contributed by atoms with Gasteiger partial charge in [-0.15, -0.1) is 0 Å². The third-order valence-corrected chi connectivity index (χ3v) is 3.34. The number of amides is 1. The maximum absolute atomic E-state index is 11.2. The second-order valence-electron chi connectivity index (χ2n) is 4.65. The van der Waals surface area contributed by atoms with Gasteiger partial charge in [-0.3, -0.25) is 4.79 Å². The summed E-state index contributed by atoms with van der Waals surface area (Å²) in [6, 6.07) is 8.90. The molecule has 1 saturated heterocycles. The van der Waals surface area contributed by atoms with Crippen LogP contribution in [-0.4, -0.2) is 29.9 Å². The predicted molar refractivity (Wildman–Crippen MR) is 70.1 cm³/mol. The average Bonchev–Trinajstić information content (AvgIpc) is 2.78. The van der Waals surface area contributed by atoms with Crippen LogP contribution in [0.5, 0.6) is 0 Å². The highest BCUT2D eigenvalue weighted by Gasteiger charge is 2.23. The normalized spacial score (nSPS) is 19.4. The van der Waals surface area contributed by atoms with E-state index in [1.54, 1.807) is 6.92 Å². The molecule has 0 saturated carbocycles. The molecular formula is C14H20N2O. The molecule has 0 aromatic heterocycles. The van der Waals surface area contributed by atoms with E-state index in [0.29, 0.717) is 6.04 Å². The zero-order valence-electron chi connectivity index (χ0n) is 10.6. The predicted octanol–water partition coefficient (Wildman–Crippen LogP) is 2.28. The van der Waals surface area contributed by atoms with E-state index in [2.05, 4.69) is 36.5 Å². The third-order valence-electron chi connectivity index (χ3n) is 3.34. The van der Waals surface area contributed by atoms with Gasteiger partial charge in [-0.25, -0.2) is 0 Å². The van der Waals surface area contributed by atoms with Crippen molar-refractivity contribution in [2.45, 2.75) is 32.7 Å². The molecule has 1 fully saturated rings. The van der Waals surface area contributed by atoms with Gasteiger partial charge in [0.1, 0.15) is 0 Å². The lowest BCUT2D eigenvalue weighted by atomic mass is 10.1. The topological polar surface area (TPSA) is 32.3 Å². The maximum atomic E-state index is 11.2. The largest absolute Gasteiger partial charge is 0.380 e. The van der Waals surface area contributed by atoms with Crippen LogP contribution in [0, 0.1) is 0 Å². The molecule has 1 N–H and O–H groups in total. The van der Waals surface area contributed by atoms with E-state index in [1.807, 2.05) is 4.90 Å². The van der Waals surface area contributed by atoms with Gasteiger partial charge in [-0.2, -0.15) is 0 Å². The van der Waals surface area contributed by atoms with Gasteiger partial charge >= 0.3 is 0 Å². The Morgan fingerprint density at radius 2 is 2.35 bits per heavy atom. The van der Waals surface area contributed by atoms with Crippen molar-refractivity contribution >= 4 is 11.6 Å². The van der Waals surface area contributed by atoms with E-state index in [9.17, 15) is 4.79 Å². The molecule has 2 rings (SSSR count). The van der Waals surface area contributed by atoms with E-state index in [0.717, 1.165) is 25.9 Å². The second-order valence-corrected chi connectivity index (χ2v) is 4.65. The van der Waals surface area contributed by atoms with Crippen molar-refractivity contribution in [2.75, 3.05) is 18.4 Å². The SMILES string of the molecule is CCc1cccc(NC2CCN(C(C)=O)C2)c1. The van der Waals surface area contributed by atoms with Gasteiger partial charge in [0.05, 0.1) is 0 Å². The zero-order valence-corrected chi connectivity index (χ0v) is 10.6. The Morgan fingerprint density at radius 1 is 1.53 bits per heavy atom. The van der Waals surface area contributed by atoms with Crippen LogP contribution in [0.2, 0.25) is 0 Å². The molecule has 0 bridgehead atoms. The van der Waals surface area contributed by atoms with Gasteiger partial charge < -0.3 is 10.2 Å². The van der Waals surface area contributed by atoms with Crippen molar-refractivity contribution in [3.05, 3.63) is 29.8 Å². The van der Waals surface area contributed by atoms with Crippen LogP contribution in [0.1, 0.15) is 25.8 Å². The van der Waals surface area contributed by atoms with E-state index >= 15 is 0 Å². The first-order valence-corrected chi connectivity index (χ1v) is 6.30. The molecule has 1 aromatic carbocycles. The second kappa shape index (κ2) is 5.21.